The van der Waals surface area contributed by atoms with E-state index in [1.807, 2.05) is 60.7 Å². The van der Waals surface area contributed by atoms with Gasteiger partial charge < -0.3 is 9.40 Å². The average molecular weight is 287 g/mol. The van der Waals surface area contributed by atoms with Gasteiger partial charge >= 0.3 is 0 Å². The van der Waals surface area contributed by atoms with Gasteiger partial charge in [-0.05, 0) is 12.1 Å². The summed E-state index contributed by atoms with van der Waals surface area (Å²) < 4.78 is 6.08. The summed E-state index contributed by atoms with van der Waals surface area (Å²) in [6.07, 6.45) is 1.73. The predicted molar refractivity (Wildman–Crippen MR) is 87.7 cm³/mol. The van der Waals surface area contributed by atoms with Crippen molar-refractivity contribution < 1.29 is 4.42 Å². The smallest absolute Gasteiger partial charge is 0.247 e. The first-order valence-electron chi connectivity index (χ1n) is 7.09. The quantitative estimate of drug-likeness (QED) is 0.592. The van der Waals surface area contributed by atoms with Gasteiger partial charge in [0.1, 0.15) is 11.3 Å². The molecule has 2 aromatic carbocycles. The fourth-order valence-electron chi connectivity index (χ4n) is 2.69. The van der Waals surface area contributed by atoms with Gasteiger partial charge in [0.05, 0.1) is 0 Å². The Balaban J connectivity index is 2.06. The molecule has 4 rings (SSSR count). The Morgan fingerprint density at radius 3 is 2.32 bits per heavy atom. The van der Waals surface area contributed by atoms with Crippen LogP contribution in [0.15, 0.2) is 82.1 Å². The normalized spacial score (nSPS) is 10.9. The van der Waals surface area contributed by atoms with Gasteiger partial charge in [0, 0.05) is 34.3 Å². The molecule has 4 aromatic rings. The lowest BCUT2D eigenvalue weighted by Crippen LogP contribution is -2.01. The van der Waals surface area contributed by atoms with Gasteiger partial charge in [-0.25, -0.2) is 0 Å². The number of aromatic amines is 1. The largest absolute Gasteiger partial charge is 0.455 e. The first kappa shape index (κ1) is 12.7. The molecule has 0 fully saturated rings. The molecule has 0 bridgehead atoms. The number of hydrogen-bond acceptors (Lipinski definition) is 2. The Bertz CT molecular complexity index is 976. The van der Waals surface area contributed by atoms with E-state index in [-0.39, 0.29) is 5.56 Å². The second-order valence-electron chi connectivity index (χ2n) is 5.11. The summed E-state index contributed by atoms with van der Waals surface area (Å²) in [5.41, 5.74) is 3.67. The minimum atomic E-state index is -0.113. The maximum atomic E-state index is 11.3. The van der Waals surface area contributed by atoms with E-state index >= 15 is 0 Å². The highest BCUT2D eigenvalue weighted by Crippen LogP contribution is 2.40. The number of H-pyrrole nitrogens is 1. The summed E-state index contributed by atoms with van der Waals surface area (Å²) in [5.74, 6) is 0.814. The van der Waals surface area contributed by atoms with E-state index in [1.54, 1.807) is 6.20 Å². The SMILES string of the molecule is O=c1ccc(-c2c(-c3ccccc3)oc3ccccc23)c[nH]1. The third kappa shape index (κ3) is 2.04. The molecule has 0 saturated carbocycles. The Morgan fingerprint density at radius 1 is 0.773 bits per heavy atom. The topological polar surface area (TPSA) is 46.0 Å². The Kier molecular flexibility index (Phi) is 2.90. The van der Waals surface area contributed by atoms with Crippen molar-refractivity contribution in [2.75, 3.05) is 0 Å². The average Bonchev–Trinajstić information content (AvgIpc) is 2.96. The van der Waals surface area contributed by atoms with Gasteiger partial charge in [-0.15, -0.1) is 0 Å². The van der Waals surface area contributed by atoms with E-state index < -0.39 is 0 Å². The van der Waals surface area contributed by atoms with E-state index in [2.05, 4.69) is 4.98 Å². The highest BCUT2D eigenvalue weighted by Gasteiger charge is 2.17. The molecule has 0 spiro atoms. The molecular weight excluding hydrogens is 274 g/mol. The molecular formula is C19H13NO2. The van der Waals surface area contributed by atoms with Gasteiger partial charge in [-0.3, -0.25) is 4.79 Å². The molecule has 0 radical (unpaired) electrons. The number of para-hydroxylation sites is 1. The molecule has 3 nitrogen and oxygen atoms in total. The standard InChI is InChI=1S/C19H13NO2/c21-17-11-10-14(12-20-17)18-15-8-4-5-9-16(15)22-19(18)13-6-2-1-3-7-13/h1-12H,(H,20,21). The van der Waals surface area contributed by atoms with Crippen LogP contribution in [0.3, 0.4) is 0 Å². The molecule has 2 heterocycles. The zero-order chi connectivity index (χ0) is 14.9. The molecule has 0 saturated heterocycles. The Morgan fingerprint density at radius 2 is 1.55 bits per heavy atom. The van der Waals surface area contributed by atoms with Crippen LogP contribution >= 0.6 is 0 Å². The van der Waals surface area contributed by atoms with Crippen molar-refractivity contribution in [3.63, 3.8) is 0 Å². The third-order valence-electron chi connectivity index (χ3n) is 3.70. The predicted octanol–water partition coefficient (Wildman–Crippen LogP) is 4.46. The van der Waals surface area contributed by atoms with Crippen molar-refractivity contribution >= 4 is 11.0 Å². The van der Waals surface area contributed by atoms with Gasteiger partial charge in [0.25, 0.3) is 0 Å². The Hall–Kier alpha value is -3.07. The van der Waals surface area contributed by atoms with Crippen LogP contribution in [-0.2, 0) is 0 Å². The fourth-order valence-corrected chi connectivity index (χ4v) is 2.69. The first-order chi connectivity index (χ1) is 10.8. The van der Waals surface area contributed by atoms with Gasteiger partial charge in [-0.1, -0.05) is 48.5 Å². The van der Waals surface area contributed by atoms with Crippen LogP contribution in [0.25, 0.3) is 33.4 Å². The summed E-state index contributed by atoms with van der Waals surface area (Å²) >= 11 is 0. The van der Waals surface area contributed by atoms with Gasteiger partial charge in [-0.2, -0.15) is 0 Å². The minimum Gasteiger partial charge on any atom is -0.455 e. The first-order valence-corrected chi connectivity index (χ1v) is 7.09. The van der Waals surface area contributed by atoms with E-state index in [1.165, 1.54) is 6.07 Å². The zero-order valence-electron chi connectivity index (χ0n) is 11.7. The Labute approximate surface area is 126 Å². The summed E-state index contributed by atoms with van der Waals surface area (Å²) in [6.45, 7) is 0. The van der Waals surface area contributed by atoms with Crippen molar-refractivity contribution in [2.45, 2.75) is 0 Å². The van der Waals surface area contributed by atoms with Crippen LogP contribution in [0, 0.1) is 0 Å². The lowest BCUT2D eigenvalue weighted by atomic mass is 10.00. The molecule has 0 amide bonds. The molecule has 3 heteroatoms. The number of fused-ring (bicyclic) bond motifs is 1. The van der Waals surface area contributed by atoms with Crippen LogP contribution in [0.2, 0.25) is 0 Å². The van der Waals surface area contributed by atoms with Crippen molar-refractivity contribution in [1.82, 2.24) is 4.98 Å². The molecule has 0 unspecified atom stereocenters. The number of benzene rings is 2. The second-order valence-corrected chi connectivity index (χ2v) is 5.11. The van der Waals surface area contributed by atoms with Crippen LogP contribution in [0.1, 0.15) is 0 Å². The van der Waals surface area contributed by atoms with E-state index in [4.69, 9.17) is 4.42 Å². The number of pyridine rings is 1. The van der Waals surface area contributed by atoms with E-state index in [0.29, 0.717) is 0 Å². The number of rotatable bonds is 2. The highest BCUT2D eigenvalue weighted by molar-refractivity contribution is 6.01. The molecule has 0 aliphatic carbocycles. The number of furan rings is 1. The van der Waals surface area contributed by atoms with Crippen molar-refractivity contribution in [3.8, 4) is 22.5 Å². The lowest BCUT2D eigenvalue weighted by Gasteiger charge is -2.03. The molecule has 0 aliphatic heterocycles. The molecule has 0 aliphatic rings. The van der Waals surface area contributed by atoms with Gasteiger partial charge in [0.2, 0.25) is 5.56 Å². The monoisotopic (exact) mass is 287 g/mol. The molecule has 106 valence electrons. The summed E-state index contributed by atoms with van der Waals surface area (Å²) in [7, 11) is 0. The van der Waals surface area contributed by atoms with Crippen LogP contribution in [0.5, 0.6) is 0 Å². The number of hydrogen-bond donors (Lipinski definition) is 1. The maximum absolute atomic E-state index is 11.3. The number of aromatic nitrogens is 1. The summed E-state index contributed by atoms with van der Waals surface area (Å²) in [4.78, 5) is 14.1. The minimum absolute atomic E-state index is 0.113. The highest BCUT2D eigenvalue weighted by atomic mass is 16.3. The number of nitrogens with one attached hydrogen (secondary N) is 1. The molecule has 22 heavy (non-hydrogen) atoms. The van der Waals surface area contributed by atoms with E-state index in [0.717, 1.165) is 33.4 Å². The van der Waals surface area contributed by atoms with Crippen LogP contribution < -0.4 is 5.56 Å². The molecule has 2 aromatic heterocycles. The maximum Gasteiger partial charge on any atom is 0.247 e. The van der Waals surface area contributed by atoms with E-state index in [9.17, 15) is 4.79 Å². The van der Waals surface area contributed by atoms with Crippen molar-refractivity contribution in [1.29, 1.82) is 0 Å². The van der Waals surface area contributed by atoms with Crippen molar-refractivity contribution in [3.05, 3.63) is 83.3 Å². The second kappa shape index (κ2) is 5.04. The summed E-state index contributed by atoms with van der Waals surface area (Å²) in [5, 5.41) is 1.04. The summed E-state index contributed by atoms with van der Waals surface area (Å²) in [6, 6.07) is 21.3. The zero-order valence-corrected chi connectivity index (χ0v) is 11.7. The van der Waals surface area contributed by atoms with Crippen LogP contribution in [0.4, 0.5) is 0 Å². The van der Waals surface area contributed by atoms with Crippen molar-refractivity contribution in [2.24, 2.45) is 0 Å². The van der Waals surface area contributed by atoms with Crippen LogP contribution in [-0.4, -0.2) is 4.98 Å². The fraction of sp³-hybridized carbons (Fsp3) is 0. The van der Waals surface area contributed by atoms with Gasteiger partial charge in [0.15, 0.2) is 0 Å². The third-order valence-corrected chi connectivity index (χ3v) is 3.70. The molecule has 0 atom stereocenters. The lowest BCUT2D eigenvalue weighted by molar-refractivity contribution is 0.632. The molecule has 1 N–H and O–H groups in total.